The number of ether oxygens (including phenoxy) is 3. The summed E-state index contributed by atoms with van der Waals surface area (Å²) in [6.45, 7) is 3.72. The molecule has 0 spiro atoms. The zero-order chi connectivity index (χ0) is 32.8. The van der Waals surface area contributed by atoms with Gasteiger partial charge in [-0.1, -0.05) is 38.1 Å². The van der Waals surface area contributed by atoms with Gasteiger partial charge in [0.2, 0.25) is 0 Å². The standard InChI is InChI=1S/C34H29F3N4O5/c1-19(23-15-17-38-29-25(23)7-5-9-27(29)44-3)33(20(2)24-16-18-39-30-26(24)8-6-10-28(30)45-4)31(42)41(32(43)40-33)21-11-13-22(14-12-21)46-34(35,36)37/h5-20H,1-4H3,(H,40,43). The fraction of sp³-hybridized carbons (Fsp3) is 0.235. The number of pyridine rings is 2. The highest BCUT2D eigenvalue weighted by Crippen LogP contribution is 2.48. The monoisotopic (exact) mass is 630 g/mol. The van der Waals surface area contributed by atoms with E-state index < -0.39 is 41.4 Å². The topological polar surface area (TPSA) is 103 Å². The molecule has 0 saturated carbocycles. The van der Waals surface area contributed by atoms with Crippen LogP contribution in [0.5, 0.6) is 17.2 Å². The van der Waals surface area contributed by atoms with Gasteiger partial charge in [0.05, 0.1) is 19.9 Å². The first-order chi connectivity index (χ1) is 22.0. The highest BCUT2D eigenvalue weighted by Gasteiger charge is 2.59. The average molecular weight is 631 g/mol. The number of halogens is 3. The van der Waals surface area contributed by atoms with E-state index in [-0.39, 0.29) is 5.69 Å². The van der Waals surface area contributed by atoms with E-state index in [0.717, 1.165) is 38.9 Å². The number of hydrogen-bond donors (Lipinski definition) is 1. The third-order valence-corrected chi connectivity index (χ3v) is 8.68. The number of hydrogen-bond acceptors (Lipinski definition) is 7. The summed E-state index contributed by atoms with van der Waals surface area (Å²) in [4.78, 5) is 38.7. The second-order valence-corrected chi connectivity index (χ2v) is 10.9. The predicted molar refractivity (Wildman–Crippen MR) is 165 cm³/mol. The first kappa shape index (κ1) is 30.6. The van der Waals surface area contributed by atoms with Gasteiger partial charge in [-0.25, -0.2) is 9.69 Å². The summed E-state index contributed by atoms with van der Waals surface area (Å²) in [5, 5.41) is 4.49. The smallest absolute Gasteiger partial charge is 0.494 e. The van der Waals surface area contributed by atoms with Crippen molar-refractivity contribution in [3.8, 4) is 17.2 Å². The van der Waals surface area contributed by atoms with E-state index in [2.05, 4.69) is 20.0 Å². The number of methoxy groups -OCH3 is 2. The Morgan fingerprint density at radius 2 is 1.26 bits per heavy atom. The summed E-state index contributed by atoms with van der Waals surface area (Å²) in [6.07, 6.45) is -1.64. The summed E-state index contributed by atoms with van der Waals surface area (Å²) in [5.41, 5.74) is 1.15. The van der Waals surface area contributed by atoms with E-state index in [1.807, 2.05) is 38.1 Å². The molecule has 0 radical (unpaired) electrons. The zero-order valence-electron chi connectivity index (χ0n) is 25.3. The summed E-state index contributed by atoms with van der Waals surface area (Å²) >= 11 is 0. The third kappa shape index (κ3) is 4.99. The molecule has 12 heteroatoms. The van der Waals surface area contributed by atoms with Crippen molar-refractivity contribution in [1.82, 2.24) is 15.3 Å². The number of alkyl halides is 3. The van der Waals surface area contributed by atoms with Gasteiger partial charge in [0.1, 0.15) is 33.8 Å². The molecule has 6 rings (SSSR count). The van der Waals surface area contributed by atoms with Gasteiger partial charge in [-0.2, -0.15) is 0 Å². The third-order valence-electron chi connectivity index (χ3n) is 8.68. The molecular formula is C34H29F3N4O5. The van der Waals surface area contributed by atoms with Crippen LogP contribution in [0.2, 0.25) is 0 Å². The summed E-state index contributed by atoms with van der Waals surface area (Å²) in [6, 6.07) is 18.5. The Morgan fingerprint density at radius 3 is 1.72 bits per heavy atom. The van der Waals surface area contributed by atoms with Crippen LogP contribution in [0.3, 0.4) is 0 Å². The molecule has 5 aromatic rings. The molecule has 2 aromatic heterocycles. The van der Waals surface area contributed by atoms with Gasteiger partial charge < -0.3 is 19.5 Å². The average Bonchev–Trinajstić information content (AvgIpc) is 3.32. The van der Waals surface area contributed by atoms with Crippen LogP contribution in [-0.2, 0) is 4.79 Å². The predicted octanol–water partition coefficient (Wildman–Crippen LogP) is 7.10. The molecule has 1 saturated heterocycles. The van der Waals surface area contributed by atoms with Crippen molar-refractivity contribution >= 4 is 39.4 Å². The SMILES string of the molecule is COc1cccc2c(C(C)C3(C(C)c4ccnc5c(OC)cccc45)NC(=O)N(c4ccc(OC(F)(F)F)cc4)C3=O)ccnc12. The minimum Gasteiger partial charge on any atom is -0.494 e. The molecule has 1 fully saturated rings. The Morgan fingerprint density at radius 1 is 0.761 bits per heavy atom. The van der Waals surface area contributed by atoms with Gasteiger partial charge in [0.15, 0.2) is 0 Å². The van der Waals surface area contributed by atoms with E-state index >= 15 is 0 Å². The molecule has 1 aliphatic rings. The van der Waals surface area contributed by atoms with E-state index in [0.29, 0.717) is 22.5 Å². The molecule has 46 heavy (non-hydrogen) atoms. The van der Waals surface area contributed by atoms with E-state index in [1.54, 1.807) is 50.9 Å². The van der Waals surface area contributed by atoms with Gasteiger partial charge >= 0.3 is 12.4 Å². The number of benzene rings is 3. The highest BCUT2D eigenvalue weighted by atomic mass is 19.4. The summed E-state index contributed by atoms with van der Waals surface area (Å²) in [5.74, 6) is -1.27. The van der Waals surface area contributed by atoms with Gasteiger partial charge in [-0.15, -0.1) is 13.2 Å². The number of para-hydroxylation sites is 2. The summed E-state index contributed by atoms with van der Waals surface area (Å²) < 4.78 is 53.5. The lowest BCUT2D eigenvalue weighted by Crippen LogP contribution is -2.55. The number of imide groups is 1. The maximum Gasteiger partial charge on any atom is 0.573 e. The van der Waals surface area contributed by atoms with Crippen LogP contribution in [-0.4, -0.2) is 48.0 Å². The first-order valence-electron chi connectivity index (χ1n) is 14.4. The van der Waals surface area contributed by atoms with Crippen LogP contribution in [0.25, 0.3) is 21.8 Å². The Bertz CT molecular complexity index is 1870. The number of carbonyl (C=O) groups excluding carboxylic acids is 2. The van der Waals surface area contributed by atoms with Crippen LogP contribution in [0.15, 0.2) is 85.2 Å². The van der Waals surface area contributed by atoms with Crippen molar-refractivity contribution in [2.75, 3.05) is 19.1 Å². The molecule has 2 unspecified atom stereocenters. The number of anilines is 1. The van der Waals surface area contributed by atoms with Crippen molar-refractivity contribution in [2.45, 2.75) is 37.6 Å². The number of nitrogens with zero attached hydrogens (tertiary/aromatic N) is 3. The number of urea groups is 1. The zero-order valence-corrected chi connectivity index (χ0v) is 25.3. The molecule has 9 nitrogen and oxygen atoms in total. The van der Waals surface area contributed by atoms with Crippen LogP contribution in [0.1, 0.15) is 36.8 Å². The van der Waals surface area contributed by atoms with Gasteiger partial charge in [0, 0.05) is 35.0 Å². The van der Waals surface area contributed by atoms with E-state index in [9.17, 15) is 22.8 Å². The fourth-order valence-electron chi connectivity index (χ4n) is 6.47. The number of rotatable bonds is 8. The maximum atomic E-state index is 14.9. The van der Waals surface area contributed by atoms with Crippen LogP contribution in [0, 0.1) is 0 Å². The van der Waals surface area contributed by atoms with Crippen molar-refractivity contribution in [2.24, 2.45) is 0 Å². The highest BCUT2D eigenvalue weighted by molar-refractivity contribution is 6.24. The van der Waals surface area contributed by atoms with Crippen molar-refractivity contribution in [1.29, 1.82) is 0 Å². The normalized spacial score (nSPS) is 18.0. The number of aromatic nitrogens is 2. The minimum atomic E-state index is -4.89. The lowest BCUT2D eigenvalue weighted by atomic mass is 9.68. The quantitative estimate of drug-likeness (QED) is 0.183. The lowest BCUT2D eigenvalue weighted by Gasteiger charge is -2.39. The Hall–Kier alpha value is -5.39. The molecule has 2 atom stereocenters. The van der Waals surface area contributed by atoms with Crippen LogP contribution in [0.4, 0.5) is 23.7 Å². The molecule has 0 bridgehead atoms. The van der Waals surface area contributed by atoms with Gasteiger partial charge in [0.25, 0.3) is 5.91 Å². The van der Waals surface area contributed by atoms with Crippen molar-refractivity contribution in [3.63, 3.8) is 0 Å². The molecular weight excluding hydrogens is 601 g/mol. The van der Waals surface area contributed by atoms with Gasteiger partial charge in [-0.05, 0) is 59.7 Å². The largest absolute Gasteiger partial charge is 0.573 e. The second-order valence-electron chi connectivity index (χ2n) is 10.9. The molecule has 236 valence electrons. The number of fused-ring (bicyclic) bond motifs is 2. The van der Waals surface area contributed by atoms with Crippen LogP contribution >= 0.6 is 0 Å². The molecule has 1 aliphatic heterocycles. The number of carbonyl (C=O) groups is 2. The van der Waals surface area contributed by atoms with E-state index in [1.165, 1.54) is 12.1 Å². The Kier molecular flexibility index (Phi) is 7.67. The Balaban J connectivity index is 1.54. The van der Waals surface area contributed by atoms with Crippen molar-refractivity contribution < 1.29 is 37.0 Å². The second kappa shape index (κ2) is 11.5. The van der Waals surface area contributed by atoms with E-state index in [4.69, 9.17) is 9.47 Å². The minimum absolute atomic E-state index is 0.0841. The van der Waals surface area contributed by atoms with Gasteiger partial charge in [-0.3, -0.25) is 14.8 Å². The Labute approximate surface area is 261 Å². The van der Waals surface area contributed by atoms with Crippen LogP contribution < -0.4 is 24.4 Å². The fourth-order valence-corrected chi connectivity index (χ4v) is 6.47. The molecule has 3 heterocycles. The molecule has 3 aromatic carbocycles. The lowest BCUT2D eigenvalue weighted by molar-refractivity contribution is -0.274. The molecule has 1 N–H and O–H groups in total. The summed E-state index contributed by atoms with van der Waals surface area (Å²) in [7, 11) is 3.09. The maximum absolute atomic E-state index is 14.9. The molecule has 3 amide bonds. The number of nitrogens with one attached hydrogen (secondary N) is 1. The van der Waals surface area contributed by atoms with Crippen molar-refractivity contribution in [3.05, 3.63) is 96.3 Å². The number of amides is 3. The first-order valence-corrected chi connectivity index (χ1v) is 14.4. The molecule has 0 aliphatic carbocycles.